The molecule has 0 heterocycles. The van der Waals surface area contributed by atoms with Crippen LogP contribution in [0.1, 0.15) is 51.9 Å². The van der Waals surface area contributed by atoms with Crippen LogP contribution in [-0.2, 0) is 0 Å². The van der Waals surface area contributed by atoms with Crippen LogP contribution in [-0.4, -0.2) is 12.6 Å². The quantitative estimate of drug-likeness (QED) is 0.534. The molecule has 78 valence electrons. The van der Waals surface area contributed by atoms with E-state index in [4.69, 9.17) is 0 Å². The van der Waals surface area contributed by atoms with Gasteiger partial charge in [0.15, 0.2) is 0 Å². The van der Waals surface area contributed by atoms with E-state index in [0.29, 0.717) is 0 Å². The Balaban J connectivity index is 1.76. The molecule has 0 aromatic carbocycles. The predicted octanol–water partition coefficient (Wildman–Crippen LogP) is 2.71. The van der Waals surface area contributed by atoms with E-state index in [9.17, 15) is 0 Å². The molecule has 0 saturated heterocycles. The minimum atomic E-state index is 0.722. The van der Waals surface area contributed by atoms with Crippen molar-refractivity contribution in [2.75, 3.05) is 6.54 Å². The summed E-state index contributed by atoms with van der Waals surface area (Å²) in [5, 5.41) is 3.71. The molecule has 1 atom stereocenters. The van der Waals surface area contributed by atoms with Gasteiger partial charge in [0.1, 0.15) is 0 Å². The second kappa shape index (κ2) is 4.36. The summed E-state index contributed by atoms with van der Waals surface area (Å²) < 4.78 is 0. The highest BCUT2D eigenvalue weighted by Crippen LogP contribution is 2.53. The summed E-state index contributed by atoms with van der Waals surface area (Å²) in [6.07, 6.45) is 9.76. The van der Waals surface area contributed by atoms with Gasteiger partial charge in [-0.1, -0.05) is 12.8 Å². The summed E-state index contributed by atoms with van der Waals surface area (Å²) in [6.45, 7) is 3.01. The van der Waals surface area contributed by atoms with Crippen LogP contribution in [0.15, 0.2) is 0 Å². The van der Waals surface area contributed by atoms with Gasteiger partial charge in [0.05, 0.1) is 0 Å². The van der Waals surface area contributed by atoms with E-state index in [1.165, 1.54) is 38.5 Å². The fraction of sp³-hybridized carbons (Fsp3) is 0.846. The Morgan fingerprint density at radius 3 is 2.71 bits per heavy atom. The van der Waals surface area contributed by atoms with Crippen LogP contribution >= 0.6 is 0 Å². The Morgan fingerprint density at radius 2 is 2.07 bits per heavy atom. The van der Waals surface area contributed by atoms with Crippen LogP contribution in [0.2, 0.25) is 0 Å². The van der Waals surface area contributed by atoms with Crippen molar-refractivity contribution in [3.05, 3.63) is 0 Å². The number of nitrogens with one attached hydrogen (secondary N) is 1. The zero-order valence-corrected chi connectivity index (χ0v) is 9.23. The molecule has 14 heavy (non-hydrogen) atoms. The third kappa shape index (κ3) is 1.81. The number of hydrogen-bond donors (Lipinski definition) is 1. The molecule has 2 aliphatic carbocycles. The first-order valence-electron chi connectivity index (χ1n) is 6.00. The molecule has 1 nitrogen and oxygen atoms in total. The Kier molecular flexibility index (Phi) is 3.13. The molecule has 0 aliphatic heterocycles. The lowest BCUT2D eigenvalue weighted by atomic mass is 9.65. The van der Waals surface area contributed by atoms with E-state index >= 15 is 0 Å². The SMILES string of the molecule is CC#CCCNC1CCCC12CCC2. The summed E-state index contributed by atoms with van der Waals surface area (Å²) in [5.74, 6) is 6.07. The van der Waals surface area contributed by atoms with E-state index in [1.807, 2.05) is 6.92 Å². The van der Waals surface area contributed by atoms with Crippen molar-refractivity contribution in [1.82, 2.24) is 5.32 Å². The van der Waals surface area contributed by atoms with E-state index in [1.54, 1.807) is 0 Å². The first kappa shape index (κ1) is 10.1. The molecule has 0 amide bonds. The summed E-state index contributed by atoms with van der Waals surface area (Å²) >= 11 is 0. The van der Waals surface area contributed by atoms with E-state index in [-0.39, 0.29) is 0 Å². The van der Waals surface area contributed by atoms with Crippen molar-refractivity contribution in [2.24, 2.45) is 5.41 Å². The maximum absolute atomic E-state index is 3.71. The topological polar surface area (TPSA) is 12.0 Å². The molecule has 2 rings (SSSR count). The van der Waals surface area contributed by atoms with Gasteiger partial charge in [-0.05, 0) is 38.0 Å². The Labute approximate surface area is 87.7 Å². The second-order valence-corrected chi connectivity index (χ2v) is 4.79. The number of hydrogen-bond acceptors (Lipinski definition) is 1. The highest BCUT2D eigenvalue weighted by molar-refractivity contribution is 5.02. The van der Waals surface area contributed by atoms with Gasteiger partial charge < -0.3 is 5.32 Å². The maximum Gasteiger partial charge on any atom is 0.0214 e. The molecular formula is C13H21N. The van der Waals surface area contributed by atoms with Gasteiger partial charge in [0.25, 0.3) is 0 Å². The Hall–Kier alpha value is -0.480. The standard InChI is InChI=1S/C13H21N/c1-2-3-4-11-14-12-7-5-8-13(12)9-6-10-13/h12,14H,4-11H2,1H3. The van der Waals surface area contributed by atoms with Gasteiger partial charge in [0, 0.05) is 19.0 Å². The van der Waals surface area contributed by atoms with Crippen molar-refractivity contribution in [3.8, 4) is 11.8 Å². The molecule has 1 spiro atoms. The first-order valence-corrected chi connectivity index (χ1v) is 6.00. The average molecular weight is 191 g/mol. The van der Waals surface area contributed by atoms with Crippen LogP contribution in [0.25, 0.3) is 0 Å². The van der Waals surface area contributed by atoms with Crippen LogP contribution in [0, 0.1) is 17.3 Å². The van der Waals surface area contributed by atoms with Gasteiger partial charge >= 0.3 is 0 Å². The van der Waals surface area contributed by atoms with Gasteiger partial charge in [-0.25, -0.2) is 0 Å². The fourth-order valence-electron chi connectivity index (χ4n) is 3.12. The largest absolute Gasteiger partial charge is 0.312 e. The summed E-state index contributed by atoms with van der Waals surface area (Å²) in [7, 11) is 0. The molecule has 2 saturated carbocycles. The van der Waals surface area contributed by atoms with Crippen LogP contribution in [0.4, 0.5) is 0 Å². The predicted molar refractivity (Wildman–Crippen MR) is 60.0 cm³/mol. The van der Waals surface area contributed by atoms with E-state index in [2.05, 4.69) is 17.2 Å². The second-order valence-electron chi connectivity index (χ2n) is 4.79. The smallest absolute Gasteiger partial charge is 0.0214 e. The van der Waals surface area contributed by atoms with E-state index < -0.39 is 0 Å². The van der Waals surface area contributed by atoms with Crippen LogP contribution in [0.3, 0.4) is 0 Å². The van der Waals surface area contributed by atoms with Crippen LogP contribution in [0.5, 0.6) is 0 Å². The first-order chi connectivity index (χ1) is 6.87. The number of rotatable bonds is 3. The molecule has 2 aliphatic rings. The summed E-state index contributed by atoms with van der Waals surface area (Å²) in [5.41, 5.74) is 0.722. The van der Waals surface area contributed by atoms with Crippen molar-refractivity contribution < 1.29 is 0 Å². The molecule has 0 aromatic rings. The highest BCUT2D eigenvalue weighted by atomic mass is 14.9. The minimum absolute atomic E-state index is 0.722. The molecule has 0 radical (unpaired) electrons. The van der Waals surface area contributed by atoms with Gasteiger partial charge in [0.2, 0.25) is 0 Å². The molecular weight excluding hydrogens is 170 g/mol. The van der Waals surface area contributed by atoms with Gasteiger partial charge in [-0.15, -0.1) is 11.8 Å². The molecule has 1 N–H and O–H groups in total. The molecule has 1 heteroatoms. The average Bonchev–Trinajstić information content (AvgIpc) is 2.55. The van der Waals surface area contributed by atoms with Crippen molar-refractivity contribution in [2.45, 2.75) is 57.9 Å². The lowest BCUT2D eigenvalue weighted by molar-refractivity contribution is 0.102. The molecule has 0 bridgehead atoms. The minimum Gasteiger partial charge on any atom is -0.312 e. The molecule has 2 fully saturated rings. The monoisotopic (exact) mass is 191 g/mol. The normalized spacial score (nSPS) is 28.2. The summed E-state index contributed by atoms with van der Waals surface area (Å²) in [4.78, 5) is 0. The third-order valence-corrected chi connectivity index (χ3v) is 4.07. The van der Waals surface area contributed by atoms with Crippen molar-refractivity contribution >= 4 is 0 Å². The summed E-state index contributed by atoms with van der Waals surface area (Å²) in [6, 6.07) is 0.815. The molecule has 1 unspecified atom stereocenters. The lowest BCUT2D eigenvalue weighted by Gasteiger charge is -2.44. The maximum atomic E-state index is 3.71. The Morgan fingerprint density at radius 1 is 1.29 bits per heavy atom. The zero-order valence-electron chi connectivity index (χ0n) is 9.23. The highest BCUT2D eigenvalue weighted by Gasteiger charge is 2.46. The Bertz CT molecular complexity index is 242. The van der Waals surface area contributed by atoms with Gasteiger partial charge in [-0.2, -0.15) is 0 Å². The van der Waals surface area contributed by atoms with Gasteiger partial charge in [-0.3, -0.25) is 0 Å². The third-order valence-electron chi connectivity index (χ3n) is 4.07. The zero-order chi connectivity index (χ0) is 9.86. The van der Waals surface area contributed by atoms with Crippen molar-refractivity contribution in [3.63, 3.8) is 0 Å². The van der Waals surface area contributed by atoms with Crippen LogP contribution < -0.4 is 5.32 Å². The van der Waals surface area contributed by atoms with E-state index in [0.717, 1.165) is 24.4 Å². The van der Waals surface area contributed by atoms with Crippen molar-refractivity contribution in [1.29, 1.82) is 0 Å². The lowest BCUT2D eigenvalue weighted by Crippen LogP contribution is -2.45. The molecule has 0 aromatic heterocycles. The fourth-order valence-corrected chi connectivity index (χ4v) is 3.12.